The molecule has 1 heterocycles. The molecule has 4 nitrogen and oxygen atoms in total. The summed E-state index contributed by atoms with van der Waals surface area (Å²) in [5, 5.41) is 7.00. The summed E-state index contributed by atoms with van der Waals surface area (Å²) in [7, 11) is 1.92. The SMILES string of the molecule is CN1N=C(c2cc(F)ccc2F)SC12CCCc1ccccc12.NCCCC=O. The van der Waals surface area contributed by atoms with Gasteiger partial charge in [-0.05, 0) is 61.6 Å². The Bertz CT molecular complexity index is 905. The molecule has 29 heavy (non-hydrogen) atoms. The van der Waals surface area contributed by atoms with Crippen LogP contribution in [0.4, 0.5) is 8.78 Å². The summed E-state index contributed by atoms with van der Waals surface area (Å²) >= 11 is 1.53. The van der Waals surface area contributed by atoms with Crippen LogP contribution in [0.15, 0.2) is 47.6 Å². The lowest BCUT2D eigenvalue weighted by atomic mass is 9.87. The topological polar surface area (TPSA) is 58.7 Å². The second kappa shape index (κ2) is 9.50. The number of nitrogens with zero attached hydrogens (tertiary/aromatic N) is 2. The molecule has 1 aliphatic heterocycles. The Morgan fingerprint density at radius 1 is 1.28 bits per heavy atom. The number of rotatable bonds is 4. The lowest BCUT2D eigenvalue weighted by Gasteiger charge is -2.39. The first-order valence-electron chi connectivity index (χ1n) is 9.71. The number of unbranched alkanes of at least 4 members (excludes halogenated alkanes) is 1. The molecule has 0 aromatic heterocycles. The van der Waals surface area contributed by atoms with Gasteiger partial charge in [0.25, 0.3) is 0 Å². The monoisotopic (exact) mass is 417 g/mol. The first kappa shape index (κ1) is 21.5. The molecule has 4 rings (SSSR count). The number of aryl methyl sites for hydroxylation is 1. The molecule has 0 fully saturated rings. The molecule has 0 bridgehead atoms. The zero-order valence-electron chi connectivity index (χ0n) is 16.4. The molecular weight excluding hydrogens is 392 g/mol. The van der Waals surface area contributed by atoms with Crippen molar-refractivity contribution in [3.8, 4) is 0 Å². The van der Waals surface area contributed by atoms with Crippen LogP contribution in [-0.2, 0) is 16.1 Å². The standard InChI is InChI=1S/C18H16F2N2S.C4H9NO/c1-22-18(10-4-6-12-5-2-3-7-15(12)18)23-17(21-22)14-11-13(19)8-9-16(14)20;5-3-1-2-4-6/h2-3,5,7-9,11H,4,6,10H2,1H3;4H,1-3,5H2. The molecule has 0 saturated heterocycles. The normalized spacial score (nSPS) is 20.0. The minimum Gasteiger partial charge on any atom is -0.330 e. The minimum atomic E-state index is -0.447. The molecule has 2 aliphatic rings. The van der Waals surface area contributed by atoms with Gasteiger partial charge in [0.15, 0.2) is 0 Å². The lowest BCUT2D eigenvalue weighted by molar-refractivity contribution is -0.107. The first-order chi connectivity index (χ1) is 14.0. The van der Waals surface area contributed by atoms with Gasteiger partial charge in [-0.3, -0.25) is 5.01 Å². The van der Waals surface area contributed by atoms with Crippen molar-refractivity contribution in [3.05, 3.63) is 70.8 Å². The van der Waals surface area contributed by atoms with Crippen molar-refractivity contribution < 1.29 is 13.6 Å². The summed E-state index contributed by atoms with van der Waals surface area (Å²) in [6.45, 7) is 0.624. The first-order valence-corrected chi connectivity index (χ1v) is 10.5. The molecule has 2 aromatic carbocycles. The number of carbonyl (C=O) groups excluding carboxylic acids is 1. The third-order valence-electron chi connectivity index (χ3n) is 5.11. The number of hydrazone groups is 1. The Hall–Kier alpha value is -2.25. The van der Waals surface area contributed by atoms with E-state index in [0.29, 0.717) is 18.0 Å². The summed E-state index contributed by atoms with van der Waals surface area (Å²) in [4.78, 5) is 9.19. The van der Waals surface area contributed by atoms with Crippen LogP contribution in [0.5, 0.6) is 0 Å². The van der Waals surface area contributed by atoms with Crippen LogP contribution in [0, 0.1) is 11.6 Å². The van der Waals surface area contributed by atoms with Gasteiger partial charge in [0.1, 0.15) is 27.8 Å². The van der Waals surface area contributed by atoms with Crippen molar-refractivity contribution in [1.29, 1.82) is 0 Å². The number of fused-ring (bicyclic) bond motifs is 2. The van der Waals surface area contributed by atoms with Gasteiger partial charge >= 0.3 is 0 Å². The van der Waals surface area contributed by atoms with E-state index in [1.54, 1.807) is 0 Å². The maximum atomic E-state index is 14.1. The molecule has 0 radical (unpaired) electrons. The van der Waals surface area contributed by atoms with Crippen LogP contribution >= 0.6 is 11.8 Å². The van der Waals surface area contributed by atoms with Gasteiger partial charge in [-0.25, -0.2) is 8.78 Å². The highest BCUT2D eigenvalue weighted by Gasteiger charge is 2.46. The van der Waals surface area contributed by atoms with Gasteiger partial charge in [0, 0.05) is 19.0 Å². The molecule has 1 atom stereocenters. The molecule has 2 N–H and O–H groups in total. The van der Waals surface area contributed by atoms with E-state index in [2.05, 4.69) is 17.2 Å². The summed E-state index contributed by atoms with van der Waals surface area (Å²) in [5.41, 5.74) is 7.84. The number of nitrogens with two attached hydrogens (primary N) is 1. The Labute approximate surface area is 174 Å². The highest BCUT2D eigenvalue weighted by Crippen LogP contribution is 2.52. The van der Waals surface area contributed by atoms with Gasteiger partial charge in [0.2, 0.25) is 0 Å². The summed E-state index contributed by atoms with van der Waals surface area (Å²) in [6.07, 6.45) is 5.36. The van der Waals surface area contributed by atoms with Crippen LogP contribution in [0.2, 0.25) is 0 Å². The number of aldehydes is 1. The van der Waals surface area contributed by atoms with Crippen LogP contribution in [0.25, 0.3) is 0 Å². The number of carbonyl (C=O) groups is 1. The third kappa shape index (κ3) is 4.51. The number of hydrogen-bond donors (Lipinski definition) is 1. The van der Waals surface area contributed by atoms with E-state index in [1.165, 1.54) is 29.0 Å². The van der Waals surface area contributed by atoms with Crippen molar-refractivity contribution >= 4 is 23.1 Å². The summed E-state index contributed by atoms with van der Waals surface area (Å²) < 4.78 is 27.6. The zero-order chi connectivity index (χ0) is 20.9. The number of hydrogen-bond acceptors (Lipinski definition) is 5. The van der Waals surface area contributed by atoms with Crippen LogP contribution < -0.4 is 5.73 Å². The van der Waals surface area contributed by atoms with E-state index in [4.69, 9.17) is 5.73 Å². The molecule has 2 aromatic rings. The van der Waals surface area contributed by atoms with E-state index in [-0.39, 0.29) is 10.4 Å². The fraction of sp³-hybridized carbons (Fsp3) is 0.364. The molecule has 1 unspecified atom stereocenters. The number of thioether (sulfide) groups is 1. The van der Waals surface area contributed by atoms with E-state index >= 15 is 0 Å². The Morgan fingerprint density at radius 2 is 2.07 bits per heavy atom. The van der Waals surface area contributed by atoms with E-state index in [9.17, 15) is 13.6 Å². The fourth-order valence-electron chi connectivity index (χ4n) is 3.65. The average molecular weight is 418 g/mol. The predicted octanol–water partition coefficient (Wildman–Crippen LogP) is 4.42. The summed E-state index contributed by atoms with van der Waals surface area (Å²) in [5.74, 6) is -0.885. The highest BCUT2D eigenvalue weighted by molar-refractivity contribution is 8.15. The van der Waals surface area contributed by atoms with Crippen molar-refractivity contribution in [1.82, 2.24) is 5.01 Å². The second-order valence-electron chi connectivity index (χ2n) is 7.05. The number of halogens is 2. The van der Waals surface area contributed by atoms with E-state index in [1.807, 2.05) is 24.2 Å². The smallest absolute Gasteiger partial charge is 0.134 e. The fourth-order valence-corrected chi connectivity index (χ4v) is 5.13. The van der Waals surface area contributed by atoms with Gasteiger partial charge in [0.05, 0.1) is 0 Å². The quantitative estimate of drug-likeness (QED) is 0.591. The largest absolute Gasteiger partial charge is 0.330 e. The molecule has 7 heteroatoms. The van der Waals surface area contributed by atoms with Gasteiger partial charge in [-0.15, -0.1) is 0 Å². The average Bonchev–Trinajstić information content (AvgIpc) is 3.05. The van der Waals surface area contributed by atoms with Crippen molar-refractivity contribution in [2.24, 2.45) is 10.8 Å². The summed E-state index contributed by atoms with van der Waals surface area (Å²) in [6, 6.07) is 11.9. The second-order valence-corrected chi connectivity index (χ2v) is 8.31. The Kier molecular flexibility index (Phi) is 7.03. The molecule has 0 amide bonds. The molecular formula is C22H25F2N3OS. The highest BCUT2D eigenvalue weighted by atomic mass is 32.2. The van der Waals surface area contributed by atoms with Crippen LogP contribution in [0.3, 0.4) is 0 Å². The predicted molar refractivity (Wildman–Crippen MR) is 114 cm³/mol. The van der Waals surface area contributed by atoms with Gasteiger partial charge in [-0.2, -0.15) is 5.10 Å². The van der Waals surface area contributed by atoms with Crippen molar-refractivity contribution in [3.63, 3.8) is 0 Å². The van der Waals surface area contributed by atoms with Crippen LogP contribution in [-0.4, -0.2) is 29.9 Å². The molecule has 0 saturated carbocycles. The molecule has 1 spiro atoms. The van der Waals surface area contributed by atoms with Crippen molar-refractivity contribution in [2.75, 3.05) is 13.6 Å². The minimum absolute atomic E-state index is 0.238. The van der Waals surface area contributed by atoms with Gasteiger partial charge < -0.3 is 10.5 Å². The lowest BCUT2D eigenvalue weighted by Crippen LogP contribution is -2.37. The number of benzene rings is 2. The van der Waals surface area contributed by atoms with E-state index < -0.39 is 11.6 Å². The molecule has 1 aliphatic carbocycles. The third-order valence-corrected chi connectivity index (χ3v) is 6.63. The van der Waals surface area contributed by atoms with Gasteiger partial charge in [-0.1, -0.05) is 36.0 Å². The maximum Gasteiger partial charge on any atom is 0.134 e. The maximum absolute atomic E-state index is 14.1. The van der Waals surface area contributed by atoms with Crippen molar-refractivity contribution in [2.45, 2.75) is 37.0 Å². The Balaban J connectivity index is 0.000000353. The zero-order valence-corrected chi connectivity index (χ0v) is 17.2. The Morgan fingerprint density at radius 3 is 2.79 bits per heavy atom. The van der Waals surface area contributed by atoms with E-state index in [0.717, 1.165) is 44.1 Å². The molecule has 154 valence electrons. The van der Waals surface area contributed by atoms with Crippen LogP contribution in [0.1, 0.15) is 42.4 Å².